The molecule has 2 unspecified atom stereocenters. The van der Waals surface area contributed by atoms with Crippen molar-refractivity contribution < 1.29 is 19.0 Å². The number of carbonyl (C=O) groups excluding carboxylic acids is 1. The summed E-state index contributed by atoms with van der Waals surface area (Å²) in [5.41, 5.74) is 1.18. The van der Waals surface area contributed by atoms with Gasteiger partial charge < -0.3 is 25.4 Å². The zero-order chi connectivity index (χ0) is 23.8. The van der Waals surface area contributed by atoms with Gasteiger partial charge in [-0.3, -0.25) is 9.59 Å². The summed E-state index contributed by atoms with van der Waals surface area (Å²) < 4.78 is 20.7. The van der Waals surface area contributed by atoms with E-state index in [-0.39, 0.29) is 29.3 Å². The van der Waals surface area contributed by atoms with Crippen LogP contribution in [-0.4, -0.2) is 60.7 Å². The molecule has 1 saturated heterocycles. The lowest BCUT2D eigenvalue weighted by atomic mass is 9.89. The van der Waals surface area contributed by atoms with Gasteiger partial charge in [0, 0.05) is 50.4 Å². The van der Waals surface area contributed by atoms with Crippen molar-refractivity contribution >= 4 is 23.4 Å². The number of nitrogens with one attached hydrogen (secondary N) is 2. The van der Waals surface area contributed by atoms with Crippen molar-refractivity contribution in [3.63, 3.8) is 0 Å². The second-order valence-corrected chi connectivity index (χ2v) is 8.85. The van der Waals surface area contributed by atoms with Crippen LogP contribution in [0, 0.1) is 0 Å². The molecule has 3 N–H and O–H groups in total. The summed E-state index contributed by atoms with van der Waals surface area (Å²) in [4.78, 5) is 27.6. The fourth-order valence-corrected chi connectivity index (χ4v) is 4.36. The van der Waals surface area contributed by atoms with Gasteiger partial charge in [-0.15, -0.1) is 0 Å². The highest BCUT2D eigenvalue weighted by atomic mass is 19.1. The highest BCUT2D eigenvalue weighted by molar-refractivity contribution is 5.73. The lowest BCUT2D eigenvalue weighted by Crippen LogP contribution is -2.49. The Labute approximate surface area is 192 Å². The number of carbonyl (C=O) groups is 1. The molecule has 33 heavy (non-hydrogen) atoms. The molecule has 9 heteroatoms. The molecule has 2 aliphatic heterocycles. The Morgan fingerprint density at radius 3 is 2.91 bits per heavy atom. The van der Waals surface area contributed by atoms with Crippen molar-refractivity contribution in [2.75, 3.05) is 36.9 Å². The molecule has 1 amide bonds. The molecule has 8 nitrogen and oxygen atoms in total. The topological polar surface area (TPSA) is 94.1 Å². The predicted molar refractivity (Wildman–Crippen MR) is 125 cm³/mol. The Bertz CT molecular complexity index is 1100. The van der Waals surface area contributed by atoms with E-state index in [1.807, 2.05) is 37.1 Å². The van der Waals surface area contributed by atoms with E-state index in [1.165, 1.54) is 13.0 Å². The molecule has 3 atom stereocenters. The number of fused-ring (bicyclic) bond motifs is 1. The van der Waals surface area contributed by atoms with Crippen molar-refractivity contribution in [1.82, 2.24) is 10.2 Å². The van der Waals surface area contributed by atoms with Crippen LogP contribution >= 0.6 is 0 Å². The summed E-state index contributed by atoms with van der Waals surface area (Å²) in [5.74, 6) is -0.704. The van der Waals surface area contributed by atoms with Gasteiger partial charge in [-0.05, 0) is 37.6 Å². The maximum Gasteiger partial charge on any atom is 0.217 e. The number of halogens is 1. The molecule has 3 aliphatic rings. The van der Waals surface area contributed by atoms with Crippen LogP contribution in [0.4, 0.5) is 15.8 Å². The minimum atomic E-state index is -1.21. The number of aliphatic hydroxyl groups excluding tert-OH is 1. The van der Waals surface area contributed by atoms with E-state index >= 15 is 4.39 Å². The van der Waals surface area contributed by atoms with Gasteiger partial charge in [0.1, 0.15) is 5.83 Å². The standard InChI is InChI=1S/C24H29FN4O4/c1-15(30)26-13-17-14-29(23(32)33-17)24(2)9-8-19(18(25)12-24)27-20-6-7-21-16(11-22(20)31)5-4-10-28(21)3/h4-8,11-12,17,23,32H,9-10,13-14H2,1-3H3,(H,26,30)(H,27,31)/t17-,23?,24?/m0/s1. The molecule has 1 fully saturated rings. The van der Waals surface area contributed by atoms with Gasteiger partial charge in [0.15, 0.2) is 0 Å². The van der Waals surface area contributed by atoms with Gasteiger partial charge in [0.2, 0.25) is 17.7 Å². The average Bonchev–Trinajstić information content (AvgIpc) is 3.05. The minimum Gasteiger partial charge on any atom is -0.370 e. The van der Waals surface area contributed by atoms with E-state index in [9.17, 15) is 14.7 Å². The number of rotatable bonds is 5. The molecule has 1 aromatic rings. The van der Waals surface area contributed by atoms with Gasteiger partial charge >= 0.3 is 0 Å². The molecule has 1 aromatic carbocycles. The third kappa shape index (κ3) is 4.85. The average molecular weight is 457 g/mol. The lowest BCUT2D eigenvalue weighted by molar-refractivity contribution is -0.167. The number of likely N-dealkylation sites (N-methyl/N-ethyl adjacent to an activating group) is 1. The minimum absolute atomic E-state index is 0.185. The quantitative estimate of drug-likeness (QED) is 0.623. The summed E-state index contributed by atoms with van der Waals surface area (Å²) in [6.45, 7) is 4.58. The number of amides is 1. The van der Waals surface area contributed by atoms with Gasteiger partial charge in [-0.1, -0.05) is 18.2 Å². The van der Waals surface area contributed by atoms with Crippen LogP contribution in [-0.2, 0) is 9.53 Å². The highest BCUT2D eigenvalue weighted by Crippen LogP contribution is 2.35. The third-order valence-corrected chi connectivity index (χ3v) is 6.24. The molecule has 4 rings (SSSR count). The van der Waals surface area contributed by atoms with Gasteiger partial charge in [0.25, 0.3) is 0 Å². The van der Waals surface area contributed by atoms with Crippen molar-refractivity contribution in [2.45, 2.75) is 38.3 Å². The molecule has 0 bridgehead atoms. The van der Waals surface area contributed by atoms with E-state index < -0.39 is 23.9 Å². The monoisotopic (exact) mass is 456 g/mol. The summed E-state index contributed by atoms with van der Waals surface area (Å²) in [5, 5.41) is 16.0. The molecule has 1 aliphatic carbocycles. The van der Waals surface area contributed by atoms with Gasteiger partial charge in [0.05, 0.1) is 17.5 Å². The summed E-state index contributed by atoms with van der Waals surface area (Å²) in [6, 6.07) is 5.07. The van der Waals surface area contributed by atoms with Crippen LogP contribution in [0.15, 0.2) is 52.7 Å². The Hall–Kier alpha value is -3.01. The molecule has 0 saturated carbocycles. The van der Waals surface area contributed by atoms with Crippen LogP contribution in [0.2, 0.25) is 0 Å². The smallest absolute Gasteiger partial charge is 0.217 e. The number of hydrogen-bond donors (Lipinski definition) is 3. The highest BCUT2D eigenvalue weighted by Gasteiger charge is 2.43. The molecular weight excluding hydrogens is 427 g/mol. The van der Waals surface area contributed by atoms with Crippen molar-refractivity contribution in [3.05, 3.63) is 63.7 Å². The molecule has 0 radical (unpaired) electrons. The largest absolute Gasteiger partial charge is 0.370 e. The second-order valence-electron chi connectivity index (χ2n) is 8.85. The predicted octanol–water partition coefficient (Wildman–Crippen LogP) is 1.93. The van der Waals surface area contributed by atoms with Gasteiger partial charge in [-0.2, -0.15) is 0 Å². The maximum absolute atomic E-state index is 15.2. The Morgan fingerprint density at radius 2 is 2.18 bits per heavy atom. The van der Waals surface area contributed by atoms with Crippen LogP contribution in [0.1, 0.15) is 25.8 Å². The lowest BCUT2D eigenvalue weighted by Gasteiger charge is -2.38. The van der Waals surface area contributed by atoms with Crippen molar-refractivity contribution in [1.29, 1.82) is 0 Å². The first-order valence-electron chi connectivity index (χ1n) is 10.9. The molecule has 0 aromatic heterocycles. The first-order valence-corrected chi connectivity index (χ1v) is 10.9. The number of nitrogens with zero attached hydrogens (tertiary/aromatic N) is 2. The van der Waals surface area contributed by atoms with Crippen LogP contribution in [0.5, 0.6) is 0 Å². The fraction of sp³-hybridized carbons (Fsp3) is 0.417. The van der Waals surface area contributed by atoms with Crippen molar-refractivity contribution in [2.24, 2.45) is 0 Å². The Kier molecular flexibility index (Phi) is 6.38. The Balaban J connectivity index is 1.50. The number of ether oxygens (including phenoxy) is 1. The van der Waals surface area contributed by atoms with E-state index in [2.05, 4.69) is 10.6 Å². The molecular formula is C24H29FN4O4. The normalized spacial score (nSPS) is 27.0. The fourth-order valence-electron chi connectivity index (χ4n) is 4.36. The van der Waals surface area contributed by atoms with E-state index in [4.69, 9.17) is 4.74 Å². The third-order valence-electron chi connectivity index (χ3n) is 6.24. The van der Waals surface area contributed by atoms with Crippen LogP contribution in [0.25, 0.3) is 6.08 Å². The number of aliphatic hydroxyl groups is 1. The van der Waals surface area contributed by atoms with Crippen LogP contribution in [0.3, 0.4) is 0 Å². The maximum atomic E-state index is 15.2. The number of allylic oxidation sites excluding steroid dienone is 1. The zero-order valence-corrected chi connectivity index (χ0v) is 19.0. The first-order chi connectivity index (χ1) is 15.7. The van der Waals surface area contributed by atoms with E-state index in [0.29, 0.717) is 13.0 Å². The zero-order valence-electron chi connectivity index (χ0n) is 19.0. The van der Waals surface area contributed by atoms with Crippen LogP contribution < -0.4 is 21.0 Å². The van der Waals surface area contributed by atoms with E-state index in [1.54, 1.807) is 23.1 Å². The van der Waals surface area contributed by atoms with E-state index in [0.717, 1.165) is 17.8 Å². The first kappa shape index (κ1) is 23.2. The molecule has 176 valence electrons. The molecule has 0 spiro atoms. The summed E-state index contributed by atoms with van der Waals surface area (Å²) in [7, 11) is 1.95. The summed E-state index contributed by atoms with van der Waals surface area (Å²) in [6.07, 6.45) is 5.79. The SMILES string of the molecule is CC(=O)NC[C@H]1CN(C2(C)C=C(F)C(Nc3ccc4c(cc3=O)C=CCN4C)=CC2)C(O)O1. The van der Waals surface area contributed by atoms with Gasteiger partial charge in [-0.25, -0.2) is 9.29 Å². The molecule has 2 heterocycles. The second kappa shape index (κ2) is 9.09. The number of hydrogen-bond acceptors (Lipinski definition) is 7. The number of anilines is 2. The summed E-state index contributed by atoms with van der Waals surface area (Å²) >= 11 is 0. The van der Waals surface area contributed by atoms with Crippen molar-refractivity contribution in [3.8, 4) is 0 Å². The Morgan fingerprint density at radius 1 is 1.39 bits per heavy atom.